The fourth-order valence-corrected chi connectivity index (χ4v) is 1.34. The smallest absolute Gasteiger partial charge is 0.283 e. The van der Waals surface area contributed by atoms with E-state index < -0.39 is 5.91 Å². The van der Waals surface area contributed by atoms with Crippen LogP contribution in [0, 0.1) is 0 Å². The number of hydrogen-bond acceptors (Lipinski definition) is 4. The predicted molar refractivity (Wildman–Crippen MR) is 57.8 cm³/mol. The van der Waals surface area contributed by atoms with Crippen molar-refractivity contribution in [2.75, 3.05) is 5.73 Å². The van der Waals surface area contributed by atoms with E-state index in [2.05, 4.69) is 4.98 Å². The highest BCUT2D eigenvalue weighted by Crippen LogP contribution is 2.15. The summed E-state index contributed by atoms with van der Waals surface area (Å²) in [5, 5.41) is 0.892. The van der Waals surface area contributed by atoms with Crippen LogP contribution in [-0.4, -0.2) is 10.9 Å². The van der Waals surface area contributed by atoms with E-state index in [-0.39, 0.29) is 5.69 Å². The van der Waals surface area contributed by atoms with E-state index in [1.807, 2.05) is 5.43 Å². The number of carbonyl (C=O) groups excluding carboxylic acids is 1. The summed E-state index contributed by atoms with van der Waals surface area (Å²) in [6.45, 7) is 0. The Balaban J connectivity index is 2.57. The maximum Gasteiger partial charge on any atom is 0.283 e. The predicted octanol–water partition coefficient (Wildman–Crippen LogP) is 0.420. The zero-order chi connectivity index (χ0) is 10.8. The highest BCUT2D eigenvalue weighted by molar-refractivity contribution is 5.94. The van der Waals surface area contributed by atoms with Gasteiger partial charge in [0, 0.05) is 11.1 Å². The molecule has 5 nitrogen and oxygen atoms in total. The molecule has 0 spiro atoms. The lowest BCUT2D eigenvalue weighted by atomic mass is 10.2. The fraction of sp³-hybridized carbons (Fsp3) is 0. The number of hydrogen-bond donors (Lipinski definition) is 3. The number of benzene rings is 1. The molecule has 5 N–H and O–H groups in total. The Morgan fingerprint density at radius 3 is 2.80 bits per heavy atom. The highest BCUT2D eigenvalue weighted by atomic mass is 16.2. The van der Waals surface area contributed by atoms with Crippen molar-refractivity contribution >= 4 is 22.5 Å². The van der Waals surface area contributed by atoms with Crippen LogP contribution in [0.4, 0.5) is 5.69 Å². The van der Waals surface area contributed by atoms with Crippen molar-refractivity contribution in [3.8, 4) is 0 Å². The third-order valence-corrected chi connectivity index (χ3v) is 2.08. The maximum atomic E-state index is 11.2. The molecule has 0 atom stereocenters. The van der Waals surface area contributed by atoms with Gasteiger partial charge in [0.15, 0.2) is 0 Å². The molecule has 0 bridgehead atoms. The summed E-state index contributed by atoms with van der Waals surface area (Å²) in [7, 11) is 0. The van der Waals surface area contributed by atoms with Gasteiger partial charge < -0.3 is 5.73 Å². The number of nitrogens with two attached hydrogens (primary N) is 2. The Morgan fingerprint density at radius 2 is 2.07 bits per heavy atom. The first-order valence-corrected chi connectivity index (χ1v) is 4.38. The summed E-state index contributed by atoms with van der Waals surface area (Å²) in [4.78, 5) is 15.3. The van der Waals surface area contributed by atoms with Crippen LogP contribution in [-0.2, 0) is 0 Å². The quantitative estimate of drug-likeness (QED) is 0.270. The summed E-state index contributed by atoms with van der Waals surface area (Å²) in [6, 6.07) is 8.68. The molecule has 0 aliphatic heterocycles. The number of aromatic nitrogens is 1. The largest absolute Gasteiger partial charge is 0.399 e. The molecule has 2 aromatic rings. The van der Waals surface area contributed by atoms with Crippen molar-refractivity contribution in [3.63, 3.8) is 0 Å². The molecule has 0 aliphatic rings. The highest BCUT2D eigenvalue weighted by Gasteiger charge is 2.05. The normalized spacial score (nSPS) is 10.2. The van der Waals surface area contributed by atoms with Gasteiger partial charge in [0.05, 0.1) is 5.52 Å². The van der Waals surface area contributed by atoms with Crippen LogP contribution in [0.5, 0.6) is 0 Å². The average molecular weight is 202 g/mol. The van der Waals surface area contributed by atoms with Gasteiger partial charge in [0.2, 0.25) is 0 Å². The second kappa shape index (κ2) is 3.55. The van der Waals surface area contributed by atoms with Crippen molar-refractivity contribution in [2.45, 2.75) is 0 Å². The molecule has 0 unspecified atom stereocenters. The summed E-state index contributed by atoms with van der Waals surface area (Å²) in [5.41, 5.74) is 9.32. The molecule has 0 saturated heterocycles. The van der Waals surface area contributed by atoms with Crippen molar-refractivity contribution < 1.29 is 4.79 Å². The zero-order valence-corrected chi connectivity index (χ0v) is 7.90. The topological polar surface area (TPSA) is 94.0 Å². The van der Waals surface area contributed by atoms with E-state index in [1.165, 1.54) is 0 Å². The Bertz CT molecular complexity index is 524. The molecule has 0 fully saturated rings. The molecule has 1 aromatic carbocycles. The Hall–Kier alpha value is -2.14. The molecule has 76 valence electrons. The molecule has 1 amide bonds. The average Bonchev–Trinajstić information content (AvgIpc) is 2.27. The van der Waals surface area contributed by atoms with E-state index in [0.717, 1.165) is 5.39 Å². The minimum Gasteiger partial charge on any atom is -0.399 e. The number of anilines is 1. The van der Waals surface area contributed by atoms with E-state index in [0.29, 0.717) is 11.2 Å². The van der Waals surface area contributed by atoms with Crippen LogP contribution < -0.4 is 17.0 Å². The number of fused-ring (bicyclic) bond motifs is 1. The molecule has 0 aliphatic carbocycles. The number of nitrogen functional groups attached to an aromatic ring is 2. The lowest BCUT2D eigenvalue weighted by Gasteiger charge is -2.02. The lowest BCUT2D eigenvalue weighted by molar-refractivity contribution is 0.0949. The summed E-state index contributed by atoms with van der Waals surface area (Å²) in [5.74, 6) is 4.60. The van der Waals surface area contributed by atoms with Crippen molar-refractivity contribution in [1.29, 1.82) is 0 Å². The molecular weight excluding hydrogens is 192 g/mol. The van der Waals surface area contributed by atoms with Gasteiger partial charge in [-0.05, 0) is 24.3 Å². The number of nitrogens with zero attached hydrogens (tertiary/aromatic N) is 1. The number of hydrazine groups is 1. The SMILES string of the molecule is NNC(=O)c1ccc2cc(N)ccc2n1. The monoisotopic (exact) mass is 202 g/mol. The molecule has 5 heteroatoms. The van der Waals surface area contributed by atoms with Crippen LogP contribution in [0.1, 0.15) is 10.5 Å². The number of amides is 1. The summed E-state index contributed by atoms with van der Waals surface area (Å²) < 4.78 is 0. The van der Waals surface area contributed by atoms with Gasteiger partial charge in [-0.3, -0.25) is 10.2 Å². The number of carbonyl (C=O) groups is 1. The van der Waals surface area contributed by atoms with Crippen LogP contribution in [0.15, 0.2) is 30.3 Å². The standard InChI is InChI=1S/C10H10N4O/c11-7-2-4-8-6(5-7)1-3-9(13-8)10(15)14-12/h1-5H,11-12H2,(H,14,15). The van der Waals surface area contributed by atoms with Gasteiger partial charge in [-0.25, -0.2) is 10.8 Å². The van der Waals surface area contributed by atoms with Crippen LogP contribution >= 0.6 is 0 Å². The van der Waals surface area contributed by atoms with Crippen molar-refractivity contribution in [3.05, 3.63) is 36.0 Å². The minimum atomic E-state index is -0.409. The third kappa shape index (κ3) is 1.72. The van der Waals surface area contributed by atoms with E-state index >= 15 is 0 Å². The summed E-state index contributed by atoms with van der Waals surface area (Å²) in [6.07, 6.45) is 0. The van der Waals surface area contributed by atoms with Crippen LogP contribution in [0.2, 0.25) is 0 Å². The van der Waals surface area contributed by atoms with Gasteiger partial charge in [0.25, 0.3) is 5.91 Å². The van der Waals surface area contributed by atoms with Crippen molar-refractivity contribution in [2.24, 2.45) is 5.84 Å². The zero-order valence-electron chi connectivity index (χ0n) is 7.90. The Kier molecular flexibility index (Phi) is 2.23. The maximum absolute atomic E-state index is 11.2. The van der Waals surface area contributed by atoms with E-state index in [9.17, 15) is 4.79 Å². The molecule has 1 aromatic heterocycles. The van der Waals surface area contributed by atoms with Gasteiger partial charge in [-0.15, -0.1) is 0 Å². The molecule has 1 heterocycles. The first kappa shape index (κ1) is 9.42. The van der Waals surface area contributed by atoms with E-state index in [4.69, 9.17) is 11.6 Å². The molecule has 2 rings (SSSR count). The summed E-state index contributed by atoms with van der Waals surface area (Å²) >= 11 is 0. The molecule has 0 radical (unpaired) electrons. The van der Waals surface area contributed by atoms with Crippen LogP contribution in [0.25, 0.3) is 10.9 Å². The second-order valence-corrected chi connectivity index (χ2v) is 3.12. The number of rotatable bonds is 1. The Labute approximate surface area is 86.1 Å². The first-order chi connectivity index (χ1) is 7.20. The van der Waals surface area contributed by atoms with Crippen molar-refractivity contribution in [1.82, 2.24) is 10.4 Å². The first-order valence-electron chi connectivity index (χ1n) is 4.38. The Morgan fingerprint density at radius 1 is 1.27 bits per heavy atom. The fourth-order valence-electron chi connectivity index (χ4n) is 1.34. The number of nitrogens with one attached hydrogen (secondary N) is 1. The third-order valence-electron chi connectivity index (χ3n) is 2.08. The minimum absolute atomic E-state index is 0.287. The van der Waals surface area contributed by atoms with E-state index in [1.54, 1.807) is 30.3 Å². The molecule has 0 saturated carbocycles. The van der Waals surface area contributed by atoms with Gasteiger partial charge in [0.1, 0.15) is 5.69 Å². The molecule has 15 heavy (non-hydrogen) atoms. The van der Waals surface area contributed by atoms with Gasteiger partial charge in [-0.2, -0.15) is 0 Å². The van der Waals surface area contributed by atoms with Crippen LogP contribution in [0.3, 0.4) is 0 Å². The number of pyridine rings is 1. The second-order valence-electron chi connectivity index (χ2n) is 3.12. The molecular formula is C10H10N4O. The van der Waals surface area contributed by atoms with Gasteiger partial charge in [-0.1, -0.05) is 6.07 Å². The van der Waals surface area contributed by atoms with Gasteiger partial charge >= 0.3 is 0 Å². The lowest BCUT2D eigenvalue weighted by Crippen LogP contribution is -2.30.